The van der Waals surface area contributed by atoms with Gasteiger partial charge in [-0.1, -0.05) is 24.3 Å². The molecule has 0 aromatic heterocycles. The second-order valence-electron chi connectivity index (χ2n) is 5.65. The summed E-state index contributed by atoms with van der Waals surface area (Å²) in [6.45, 7) is 5.76. The molecular weight excluding hydrogens is 340 g/mol. The van der Waals surface area contributed by atoms with Crippen molar-refractivity contribution in [3.63, 3.8) is 0 Å². The molecule has 0 spiro atoms. The van der Waals surface area contributed by atoms with E-state index in [0.29, 0.717) is 11.8 Å². The highest BCUT2D eigenvalue weighted by molar-refractivity contribution is 5.81. The Kier molecular flexibility index (Phi) is 6.72. The molecular formula is C20H21F2NO3. The number of ether oxygens (including phenoxy) is 2. The lowest BCUT2D eigenvalue weighted by molar-refractivity contribution is -0.138. The number of hydrogen-bond donors (Lipinski definition) is 0. The van der Waals surface area contributed by atoms with Gasteiger partial charge in [0.15, 0.2) is 17.7 Å². The van der Waals surface area contributed by atoms with Crippen molar-refractivity contribution in [1.29, 1.82) is 0 Å². The van der Waals surface area contributed by atoms with Gasteiger partial charge in [-0.05, 0) is 25.1 Å². The first-order valence-corrected chi connectivity index (χ1v) is 8.09. The van der Waals surface area contributed by atoms with Crippen LogP contribution in [-0.4, -0.2) is 30.6 Å². The number of nitrogens with zero attached hydrogens (tertiary/aromatic N) is 1. The van der Waals surface area contributed by atoms with Gasteiger partial charge in [-0.3, -0.25) is 4.79 Å². The quantitative estimate of drug-likeness (QED) is 0.668. The molecule has 1 unspecified atom stereocenters. The van der Waals surface area contributed by atoms with Crippen LogP contribution >= 0.6 is 0 Å². The summed E-state index contributed by atoms with van der Waals surface area (Å²) in [5.41, 5.74) is 0.824. The van der Waals surface area contributed by atoms with Crippen LogP contribution in [0.5, 0.6) is 11.5 Å². The molecule has 0 aliphatic rings. The Balaban J connectivity index is 2.15. The van der Waals surface area contributed by atoms with Crippen molar-refractivity contribution in [3.8, 4) is 11.5 Å². The average molecular weight is 361 g/mol. The van der Waals surface area contributed by atoms with Crippen molar-refractivity contribution in [2.75, 3.05) is 13.7 Å². The molecule has 1 amide bonds. The molecule has 0 aliphatic carbocycles. The molecule has 0 N–H and O–H groups in total. The summed E-state index contributed by atoms with van der Waals surface area (Å²) in [6, 6.07) is 10.3. The van der Waals surface area contributed by atoms with Crippen LogP contribution in [0.15, 0.2) is 55.1 Å². The van der Waals surface area contributed by atoms with Gasteiger partial charge < -0.3 is 14.4 Å². The Bertz CT molecular complexity index is 779. The molecule has 138 valence electrons. The Hall–Kier alpha value is -2.89. The zero-order valence-corrected chi connectivity index (χ0v) is 14.7. The molecule has 0 heterocycles. The second-order valence-corrected chi connectivity index (χ2v) is 5.65. The lowest BCUT2D eigenvalue weighted by Crippen LogP contribution is -2.40. The van der Waals surface area contributed by atoms with E-state index in [9.17, 15) is 13.6 Å². The summed E-state index contributed by atoms with van der Waals surface area (Å²) in [5, 5.41) is 0. The number of hydrogen-bond acceptors (Lipinski definition) is 3. The minimum atomic E-state index is -0.954. The molecule has 0 radical (unpaired) electrons. The van der Waals surface area contributed by atoms with Gasteiger partial charge in [-0.25, -0.2) is 8.78 Å². The monoisotopic (exact) mass is 361 g/mol. The standard InChI is InChI=1S/C20H21F2NO3/c1-4-11-23(13-15-7-5-6-8-18(15)25-3)20(24)14(2)26-19-10-9-16(21)12-17(19)22/h4-10,12,14H,1,11,13H2,2-3H3. The van der Waals surface area contributed by atoms with Crippen LogP contribution in [0.25, 0.3) is 0 Å². The van der Waals surface area contributed by atoms with E-state index in [-0.39, 0.29) is 24.7 Å². The normalized spacial score (nSPS) is 11.5. The first-order chi connectivity index (χ1) is 12.5. The number of rotatable bonds is 8. The summed E-state index contributed by atoms with van der Waals surface area (Å²) in [4.78, 5) is 14.3. The zero-order chi connectivity index (χ0) is 19.1. The molecule has 0 fully saturated rings. The van der Waals surface area contributed by atoms with E-state index in [1.165, 1.54) is 11.8 Å². The molecule has 26 heavy (non-hydrogen) atoms. The molecule has 0 saturated carbocycles. The number of benzene rings is 2. The van der Waals surface area contributed by atoms with Crippen molar-refractivity contribution in [2.45, 2.75) is 19.6 Å². The fourth-order valence-corrected chi connectivity index (χ4v) is 2.50. The Morgan fingerprint density at radius 2 is 1.96 bits per heavy atom. The Labute approximate surface area is 151 Å². The molecule has 0 saturated heterocycles. The summed E-state index contributed by atoms with van der Waals surface area (Å²) < 4.78 is 37.4. The number of amides is 1. The third-order valence-electron chi connectivity index (χ3n) is 3.76. The van der Waals surface area contributed by atoms with Crippen molar-refractivity contribution < 1.29 is 23.0 Å². The Morgan fingerprint density at radius 1 is 1.23 bits per heavy atom. The lowest BCUT2D eigenvalue weighted by Gasteiger charge is -2.26. The maximum atomic E-state index is 13.7. The fourth-order valence-electron chi connectivity index (χ4n) is 2.50. The number of carbonyl (C=O) groups excluding carboxylic acids is 1. The largest absolute Gasteiger partial charge is 0.496 e. The maximum absolute atomic E-state index is 13.7. The van der Waals surface area contributed by atoms with E-state index in [2.05, 4.69) is 6.58 Å². The van der Waals surface area contributed by atoms with Crippen LogP contribution in [0.4, 0.5) is 8.78 Å². The lowest BCUT2D eigenvalue weighted by atomic mass is 10.1. The molecule has 1 atom stereocenters. The summed E-state index contributed by atoms with van der Waals surface area (Å²) in [7, 11) is 1.56. The van der Waals surface area contributed by atoms with Gasteiger partial charge in [0.2, 0.25) is 0 Å². The van der Waals surface area contributed by atoms with E-state index in [0.717, 1.165) is 17.7 Å². The minimum Gasteiger partial charge on any atom is -0.496 e. The highest BCUT2D eigenvalue weighted by Gasteiger charge is 2.23. The molecule has 2 aromatic carbocycles. The van der Waals surface area contributed by atoms with Crippen LogP contribution in [0, 0.1) is 11.6 Å². The topological polar surface area (TPSA) is 38.8 Å². The van der Waals surface area contributed by atoms with Gasteiger partial charge in [0.1, 0.15) is 11.6 Å². The summed E-state index contributed by atoms with van der Waals surface area (Å²) in [6.07, 6.45) is 0.642. The van der Waals surface area contributed by atoms with Gasteiger partial charge in [-0.15, -0.1) is 6.58 Å². The van der Waals surface area contributed by atoms with E-state index in [4.69, 9.17) is 9.47 Å². The van der Waals surface area contributed by atoms with E-state index < -0.39 is 17.7 Å². The van der Waals surface area contributed by atoms with Crippen molar-refractivity contribution in [1.82, 2.24) is 4.90 Å². The second kappa shape index (κ2) is 8.99. The first kappa shape index (κ1) is 19.4. The van der Waals surface area contributed by atoms with E-state index >= 15 is 0 Å². The molecule has 4 nitrogen and oxygen atoms in total. The summed E-state index contributed by atoms with van der Waals surface area (Å²) >= 11 is 0. The maximum Gasteiger partial charge on any atom is 0.263 e. The fraction of sp³-hybridized carbons (Fsp3) is 0.250. The number of para-hydroxylation sites is 1. The predicted molar refractivity (Wildman–Crippen MR) is 95.1 cm³/mol. The van der Waals surface area contributed by atoms with Crippen LogP contribution in [-0.2, 0) is 11.3 Å². The van der Waals surface area contributed by atoms with E-state index in [1.807, 2.05) is 18.2 Å². The Morgan fingerprint density at radius 3 is 2.62 bits per heavy atom. The molecule has 0 bridgehead atoms. The predicted octanol–water partition coefficient (Wildman–Crippen LogP) is 3.96. The molecule has 6 heteroatoms. The van der Waals surface area contributed by atoms with Gasteiger partial charge in [0.05, 0.1) is 7.11 Å². The van der Waals surface area contributed by atoms with Crippen LogP contribution in [0.2, 0.25) is 0 Å². The van der Waals surface area contributed by atoms with Crippen LogP contribution in [0.3, 0.4) is 0 Å². The van der Waals surface area contributed by atoms with Crippen molar-refractivity contribution >= 4 is 5.91 Å². The van der Waals surface area contributed by atoms with Gasteiger partial charge in [0.25, 0.3) is 5.91 Å². The summed E-state index contributed by atoms with van der Waals surface area (Å²) in [5.74, 6) is -1.43. The third-order valence-corrected chi connectivity index (χ3v) is 3.76. The first-order valence-electron chi connectivity index (χ1n) is 8.09. The van der Waals surface area contributed by atoms with Crippen molar-refractivity contribution in [2.24, 2.45) is 0 Å². The number of methoxy groups -OCH3 is 1. The number of halogens is 2. The minimum absolute atomic E-state index is 0.178. The zero-order valence-electron chi connectivity index (χ0n) is 14.7. The third kappa shape index (κ3) is 4.81. The highest BCUT2D eigenvalue weighted by atomic mass is 19.1. The average Bonchev–Trinajstić information content (AvgIpc) is 2.63. The molecule has 2 rings (SSSR count). The van der Waals surface area contributed by atoms with Crippen molar-refractivity contribution in [3.05, 3.63) is 72.3 Å². The molecule has 2 aromatic rings. The number of carbonyl (C=O) groups is 1. The van der Waals surface area contributed by atoms with Gasteiger partial charge in [-0.2, -0.15) is 0 Å². The SMILES string of the molecule is C=CCN(Cc1ccccc1OC)C(=O)C(C)Oc1ccc(F)cc1F. The smallest absolute Gasteiger partial charge is 0.263 e. The van der Waals surface area contributed by atoms with Crippen LogP contribution < -0.4 is 9.47 Å². The van der Waals surface area contributed by atoms with Gasteiger partial charge in [0, 0.05) is 24.7 Å². The van der Waals surface area contributed by atoms with E-state index in [1.54, 1.807) is 19.3 Å². The molecule has 0 aliphatic heterocycles. The van der Waals surface area contributed by atoms with Crippen LogP contribution in [0.1, 0.15) is 12.5 Å². The highest BCUT2D eigenvalue weighted by Crippen LogP contribution is 2.22. The van der Waals surface area contributed by atoms with Gasteiger partial charge >= 0.3 is 0 Å².